The van der Waals surface area contributed by atoms with Crippen molar-refractivity contribution in [1.82, 2.24) is 14.5 Å². The maximum atomic E-state index is 13.3. The molecule has 0 bridgehead atoms. The quantitative estimate of drug-likeness (QED) is 0.575. The van der Waals surface area contributed by atoms with Crippen molar-refractivity contribution in [2.45, 2.75) is 25.3 Å². The lowest BCUT2D eigenvalue weighted by molar-refractivity contribution is 0.0965. The molecule has 1 aromatic carbocycles. The minimum absolute atomic E-state index is 0.225. The largest absolute Gasteiger partial charge is 0.296 e. The zero-order valence-electron chi connectivity index (χ0n) is 15.2. The van der Waals surface area contributed by atoms with Gasteiger partial charge in [-0.25, -0.2) is 0 Å². The second-order valence-electron chi connectivity index (χ2n) is 7.43. The summed E-state index contributed by atoms with van der Waals surface area (Å²) in [7, 11) is 0. The summed E-state index contributed by atoms with van der Waals surface area (Å²) in [5.41, 5.74) is 3.51. The highest BCUT2D eigenvalue weighted by atomic mass is 35.5. The number of benzene rings is 1. The van der Waals surface area contributed by atoms with Gasteiger partial charge in [0.05, 0.1) is 21.1 Å². The second-order valence-corrected chi connectivity index (χ2v) is 8.25. The Hall–Kier alpha value is -2.14. The van der Waals surface area contributed by atoms with E-state index in [2.05, 4.69) is 16.0 Å². The van der Waals surface area contributed by atoms with Gasteiger partial charge in [0, 0.05) is 42.1 Å². The van der Waals surface area contributed by atoms with Gasteiger partial charge in [-0.05, 0) is 49.6 Å². The molecule has 0 amide bonds. The molecule has 0 saturated carbocycles. The normalized spacial score (nSPS) is 19.6. The van der Waals surface area contributed by atoms with Crippen LogP contribution in [0.2, 0.25) is 10.0 Å². The standard InChI is InChI=1S/C22H19Cl2N3O/c23-18-4-1-5-19(24)21(18)22(28)27-13-17(16-12-25-8-6-20(16)27)14-7-10-26-9-2-3-15(26)11-14/h1,4-8,12-13,15H,2-3,9-11H2. The first-order valence-corrected chi connectivity index (χ1v) is 10.3. The zero-order chi connectivity index (χ0) is 19.3. The molecule has 0 aliphatic carbocycles. The number of carbonyl (C=O) groups excluding carboxylic acids is 1. The molecule has 2 aliphatic rings. The van der Waals surface area contributed by atoms with Gasteiger partial charge >= 0.3 is 0 Å². The van der Waals surface area contributed by atoms with Crippen LogP contribution in [0.4, 0.5) is 0 Å². The van der Waals surface area contributed by atoms with Gasteiger partial charge in [0.2, 0.25) is 0 Å². The summed E-state index contributed by atoms with van der Waals surface area (Å²) in [6.07, 6.45) is 11.3. The Labute approximate surface area is 173 Å². The molecule has 4 heterocycles. The Morgan fingerprint density at radius 2 is 2.00 bits per heavy atom. The van der Waals surface area contributed by atoms with Gasteiger partial charge in [-0.1, -0.05) is 35.3 Å². The summed E-state index contributed by atoms with van der Waals surface area (Å²) < 4.78 is 1.65. The van der Waals surface area contributed by atoms with Crippen LogP contribution in [0.15, 0.2) is 48.9 Å². The molecule has 6 heteroatoms. The molecule has 1 unspecified atom stereocenters. The molecule has 1 atom stereocenters. The molecule has 5 rings (SSSR count). The van der Waals surface area contributed by atoms with Crippen LogP contribution in [0.1, 0.15) is 35.2 Å². The Balaban J connectivity index is 1.63. The Morgan fingerprint density at radius 1 is 1.18 bits per heavy atom. The fraction of sp³-hybridized carbons (Fsp3) is 0.273. The summed E-state index contributed by atoms with van der Waals surface area (Å²) in [5.74, 6) is -0.225. The summed E-state index contributed by atoms with van der Waals surface area (Å²) >= 11 is 12.6. The summed E-state index contributed by atoms with van der Waals surface area (Å²) in [6, 6.07) is 7.58. The van der Waals surface area contributed by atoms with E-state index in [1.54, 1.807) is 29.0 Å². The van der Waals surface area contributed by atoms with E-state index in [1.165, 1.54) is 25.0 Å². The number of carbonyl (C=O) groups is 1. The molecule has 1 saturated heterocycles. The van der Waals surface area contributed by atoms with E-state index in [-0.39, 0.29) is 5.91 Å². The van der Waals surface area contributed by atoms with Crippen molar-refractivity contribution in [3.63, 3.8) is 0 Å². The molecule has 2 aliphatic heterocycles. The molecule has 142 valence electrons. The predicted octanol–water partition coefficient (Wildman–Crippen LogP) is 5.28. The van der Waals surface area contributed by atoms with Crippen molar-refractivity contribution in [3.05, 3.63) is 70.1 Å². The van der Waals surface area contributed by atoms with E-state index in [0.29, 0.717) is 21.7 Å². The Bertz CT molecular complexity index is 1100. The number of halogens is 2. The highest BCUT2D eigenvalue weighted by molar-refractivity contribution is 6.40. The highest BCUT2D eigenvalue weighted by Crippen LogP contribution is 2.36. The molecule has 0 N–H and O–H groups in total. The third-order valence-electron chi connectivity index (χ3n) is 5.87. The first-order valence-electron chi connectivity index (χ1n) is 9.50. The number of fused-ring (bicyclic) bond motifs is 2. The van der Waals surface area contributed by atoms with E-state index in [9.17, 15) is 4.79 Å². The number of hydrogen-bond acceptors (Lipinski definition) is 3. The van der Waals surface area contributed by atoms with Crippen LogP contribution in [0, 0.1) is 0 Å². The van der Waals surface area contributed by atoms with Crippen molar-refractivity contribution in [3.8, 4) is 0 Å². The lowest BCUT2D eigenvalue weighted by atomic mass is 9.94. The SMILES string of the molecule is O=C(c1c(Cl)cccc1Cl)n1cc(C2=CCN3CCCC3C2)c2cnccc21. The van der Waals surface area contributed by atoms with Crippen LogP contribution < -0.4 is 0 Å². The maximum absolute atomic E-state index is 13.3. The van der Waals surface area contributed by atoms with Gasteiger partial charge in [-0.15, -0.1) is 0 Å². The summed E-state index contributed by atoms with van der Waals surface area (Å²) in [5, 5.41) is 1.69. The van der Waals surface area contributed by atoms with Crippen molar-refractivity contribution in [2.24, 2.45) is 0 Å². The molecule has 3 aromatic rings. The number of nitrogens with zero attached hydrogens (tertiary/aromatic N) is 3. The molecule has 28 heavy (non-hydrogen) atoms. The molecule has 2 aromatic heterocycles. The van der Waals surface area contributed by atoms with Gasteiger partial charge in [0.15, 0.2) is 0 Å². The third kappa shape index (κ3) is 2.87. The second kappa shape index (κ2) is 7.03. The van der Waals surface area contributed by atoms with Crippen molar-refractivity contribution in [2.75, 3.05) is 13.1 Å². The molecule has 4 nitrogen and oxygen atoms in total. The van der Waals surface area contributed by atoms with E-state index >= 15 is 0 Å². The minimum Gasteiger partial charge on any atom is -0.296 e. The maximum Gasteiger partial charge on any atom is 0.265 e. The highest BCUT2D eigenvalue weighted by Gasteiger charge is 2.29. The van der Waals surface area contributed by atoms with Gasteiger partial charge in [-0.2, -0.15) is 0 Å². The average Bonchev–Trinajstić information content (AvgIpc) is 3.31. The van der Waals surface area contributed by atoms with Crippen LogP contribution >= 0.6 is 23.2 Å². The van der Waals surface area contributed by atoms with Crippen LogP contribution in [0.3, 0.4) is 0 Å². The molecular weight excluding hydrogens is 393 g/mol. The monoisotopic (exact) mass is 411 g/mol. The van der Waals surface area contributed by atoms with E-state index in [1.807, 2.05) is 18.5 Å². The first-order chi connectivity index (χ1) is 13.6. The fourth-order valence-electron chi connectivity index (χ4n) is 4.47. The number of pyridine rings is 1. The average molecular weight is 412 g/mol. The molecular formula is C22H19Cl2N3O. The van der Waals surface area contributed by atoms with Gasteiger partial charge in [-0.3, -0.25) is 19.2 Å². The molecule has 1 fully saturated rings. The number of aromatic nitrogens is 2. The van der Waals surface area contributed by atoms with Crippen LogP contribution in [-0.2, 0) is 0 Å². The van der Waals surface area contributed by atoms with Gasteiger partial charge < -0.3 is 0 Å². The van der Waals surface area contributed by atoms with Gasteiger partial charge in [0.1, 0.15) is 0 Å². The number of hydrogen-bond donors (Lipinski definition) is 0. The van der Waals surface area contributed by atoms with Crippen molar-refractivity contribution >= 4 is 45.6 Å². The lowest BCUT2D eigenvalue weighted by Gasteiger charge is -2.29. The molecule has 0 spiro atoms. The minimum atomic E-state index is -0.225. The van der Waals surface area contributed by atoms with Crippen molar-refractivity contribution < 1.29 is 4.79 Å². The van der Waals surface area contributed by atoms with Crippen LogP contribution in [-0.4, -0.2) is 39.5 Å². The Morgan fingerprint density at radius 3 is 2.82 bits per heavy atom. The predicted molar refractivity (Wildman–Crippen MR) is 113 cm³/mol. The van der Waals surface area contributed by atoms with E-state index in [4.69, 9.17) is 23.2 Å². The van der Waals surface area contributed by atoms with Crippen LogP contribution in [0.25, 0.3) is 16.5 Å². The fourth-order valence-corrected chi connectivity index (χ4v) is 5.03. The molecule has 0 radical (unpaired) electrons. The summed E-state index contributed by atoms with van der Waals surface area (Å²) in [4.78, 5) is 20.2. The van der Waals surface area contributed by atoms with Gasteiger partial charge in [0.25, 0.3) is 5.91 Å². The lowest BCUT2D eigenvalue weighted by Crippen LogP contribution is -2.32. The van der Waals surface area contributed by atoms with Crippen LogP contribution in [0.5, 0.6) is 0 Å². The van der Waals surface area contributed by atoms with Crippen molar-refractivity contribution in [1.29, 1.82) is 0 Å². The third-order valence-corrected chi connectivity index (χ3v) is 6.50. The number of rotatable bonds is 2. The smallest absolute Gasteiger partial charge is 0.265 e. The summed E-state index contributed by atoms with van der Waals surface area (Å²) in [6.45, 7) is 2.15. The zero-order valence-corrected chi connectivity index (χ0v) is 16.7. The first kappa shape index (κ1) is 17.9. The topological polar surface area (TPSA) is 38.1 Å². The van der Waals surface area contributed by atoms with E-state index < -0.39 is 0 Å². The Kier molecular flexibility index (Phi) is 4.50. The van der Waals surface area contributed by atoms with E-state index in [0.717, 1.165) is 29.4 Å².